The summed E-state index contributed by atoms with van der Waals surface area (Å²) in [6.07, 6.45) is -1.64. The molecule has 1 heterocycles. The molecule has 3 aromatic rings. The van der Waals surface area contributed by atoms with E-state index in [0.717, 1.165) is 0 Å². The van der Waals surface area contributed by atoms with Crippen molar-refractivity contribution >= 4 is 5.97 Å². The maximum atomic E-state index is 13.3. The minimum Gasteiger partial charge on any atom is -0.496 e. The van der Waals surface area contributed by atoms with Gasteiger partial charge in [-0.1, -0.05) is 36.4 Å². The van der Waals surface area contributed by atoms with Gasteiger partial charge in [-0.2, -0.15) is 0 Å². The van der Waals surface area contributed by atoms with Crippen LogP contribution in [0.1, 0.15) is 22.6 Å². The van der Waals surface area contributed by atoms with Crippen molar-refractivity contribution in [3.63, 3.8) is 0 Å². The second-order valence-corrected chi connectivity index (χ2v) is 9.26. The molecule has 1 fully saturated rings. The van der Waals surface area contributed by atoms with Crippen LogP contribution < -0.4 is 23.7 Å². The lowest BCUT2D eigenvalue weighted by Crippen LogP contribution is -2.52. The van der Waals surface area contributed by atoms with Gasteiger partial charge >= 0.3 is 5.97 Å². The van der Waals surface area contributed by atoms with Crippen LogP contribution in [0.2, 0.25) is 0 Å². The summed E-state index contributed by atoms with van der Waals surface area (Å²) >= 11 is 0. The molecule has 0 saturated heterocycles. The molecule has 1 aliphatic heterocycles. The van der Waals surface area contributed by atoms with Crippen molar-refractivity contribution in [2.45, 2.75) is 23.2 Å². The largest absolute Gasteiger partial charge is 0.496 e. The summed E-state index contributed by atoms with van der Waals surface area (Å²) < 4.78 is 34.0. The monoisotopic (exact) mass is 522 g/mol. The minimum absolute atomic E-state index is 0.204. The lowest BCUT2D eigenvalue weighted by molar-refractivity contribution is -0.161. The number of fused-ring (bicyclic) bond motifs is 3. The number of aliphatic hydroxyl groups is 2. The normalized spacial score (nSPS) is 27.1. The smallest absolute Gasteiger partial charge is 0.312 e. The second kappa shape index (κ2) is 9.41. The summed E-state index contributed by atoms with van der Waals surface area (Å²) in [5, 5.41) is 24.7. The predicted octanol–water partition coefficient (Wildman–Crippen LogP) is 3.14. The third-order valence-electron chi connectivity index (χ3n) is 7.72. The first-order valence-electron chi connectivity index (χ1n) is 12.0. The van der Waals surface area contributed by atoms with Crippen LogP contribution in [0.15, 0.2) is 60.7 Å². The van der Waals surface area contributed by atoms with E-state index in [-0.39, 0.29) is 17.1 Å². The SMILES string of the molecule is COC(=O)[C@H]1[C@@H](O)[C@@]2(O)c3c(OC)cc(OC)cc3O[C@@]2(c2ccc(OC)c(OC)c2)[C@@H]1c1ccccc1. The molecule has 0 radical (unpaired) electrons. The molecule has 0 spiro atoms. The zero-order valence-corrected chi connectivity index (χ0v) is 21.8. The van der Waals surface area contributed by atoms with Gasteiger partial charge in [0.2, 0.25) is 0 Å². The number of hydrogen-bond donors (Lipinski definition) is 2. The Kier molecular flexibility index (Phi) is 6.36. The van der Waals surface area contributed by atoms with E-state index in [4.69, 9.17) is 28.4 Å². The lowest BCUT2D eigenvalue weighted by atomic mass is 9.70. The van der Waals surface area contributed by atoms with Gasteiger partial charge in [0, 0.05) is 23.6 Å². The van der Waals surface area contributed by atoms with E-state index in [1.165, 1.54) is 35.5 Å². The number of rotatable bonds is 7. The van der Waals surface area contributed by atoms with E-state index in [9.17, 15) is 15.0 Å². The third kappa shape index (κ3) is 3.28. The van der Waals surface area contributed by atoms with Crippen LogP contribution in [-0.4, -0.2) is 57.8 Å². The van der Waals surface area contributed by atoms with Crippen LogP contribution in [0, 0.1) is 5.92 Å². The Bertz CT molecular complexity index is 1360. The van der Waals surface area contributed by atoms with Crippen molar-refractivity contribution < 1.29 is 43.4 Å². The molecule has 5 rings (SSSR count). The van der Waals surface area contributed by atoms with Crippen LogP contribution in [0.3, 0.4) is 0 Å². The average Bonchev–Trinajstić information content (AvgIpc) is 3.34. The first-order valence-corrected chi connectivity index (χ1v) is 12.0. The first-order chi connectivity index (χ1) is 18.3. The Morgan fingerprint density at radius 1 is 0.842 bits per heavy atom. The number of ether oxygens (including phenoxy) is 6. The third-order valence-corrected chi connectivity index (χ3v) is 7.72. The molecule has 1 aliphatic carbocycles. The van der Waals surface area contributed by atoms with Gasteiger partial charge in [-0.15, -0.1) is 0 Å². The van der Waals surface area contributed by atoms with E-state index < -0.39 is 35.1 Å². The molecule has 9 nitrogen and oxygen atoms in total. The minimum atomic E-state index is -2.15. The van der Waals surface area contributed by atoms with E-state index in [2.05, 4.69) is 0 Å². The topological polar surface area (TPSA) is 113 Å². The van der Waals surface area contributed by atoms with Gasteiger partial charge in [0.15, 0.2) is 22.7 Å². The molecular weight excluding hydrogens is 492 g/mol. The van der Waals surface area contributed by atoms with Gasteiger partial charge in [-0.05, 0) is 17.7 Å². The summed E-state index contributed by atoms with van der Waals surface area (Å²) in [7, 11) is 7.22. The zero-order valence-electron chi connectivity index (χ0n) is 21.8. The summed E-state index contributed by atoms with van der Waals surface area (Å²) in [4.78, 5) is 13.3. The Labute approximate surface area is 220 Å². The van der Waals surface area contributed by atoms with E-state index in [1.807, 2.05) is 30.3 Å². The van der Waals surface area contributed by atoms with Gasteiger partial charge in [0.1, 0.15) is 23.4 Å². The maximum absolute atomic E-state index is 13.3. The number of benzene rings is 3. The fourth-order valence-electron chi connectivity index (χ4n) is 6.13. The zero-order chi connectivity index (χ0) is 27.2. The Morgan fingerprint density at radius 3 is 2.13 bits per heavy atom. The number of methoxy groups -OCH3 is 5. The van der Waals surface area contributed by atoms with Crippen LogP contribution in [0.5, 0.6) is 28.7 Å². The second-order valence-electron chi connectivity index (χ2n) is 9.26. The fraction of sp³-hybridized carbons (Fsp3) is 0.345. The van der Waals surface area contributed by atoms with E-state index in [0.29, 0.717) is 28.4 Å². The highest BCUT2D eigenvalue weighted by molar-refractivity contribution is 5.78. The number of esters is 1. The highest BCUT2D eigenvalue weighted by Gasteiger charge is 2.78. The quantitative estimate of drug-likeness (QED) is 0.452. The van der Waals surface area contributed by atoms with E-state index in [1.54, 1.807) is 30.3 Å². The molecule has 2 aliphatic rings. The lowest BCUT2D eigenvalue weighted by Gasteiger charge is -2.41. The van der Waals surface area contributed by atoms with Crippen molar-refractivity contribution in [1.82, 2.24) is 0 Å². The number of aliphatic hydroxyl groups excluding tert-OH is 1. The van der Waals surface area contributed by atoms with Crippen molar-refractivity contribution in [1.29, 1.82) is 0 Å². The number of carbonyl (C=O) groups is 1. The van der Waals surface area contributed by atoms with Gasteiger partial charge in [-0.25, -0.2) is 0 Å². The highest BCUT2D eigenvalue weighted by atomic mass is 16.6. The van der Waals surface area contributed by atoms with Crippen LogP contribution >= 0.6 is 0 Å². The summed E-state index contributed by atoms with van der Waals surface area (Å²) in [5.41, 5.74) is -2.55. The number of hydrogen-bond acceptors (Lipinski definition) is 9. The fourth-order valence-corrected chi connectivity index (χ4v) is 6.13. The molecule has 9 heteroatoms. The van der Waals surface area contributed by atoms with Gasteiger partial charge in [0.25, 0.3) is 0 Å². The molecule has 200 valence electrons. The Balaban J connectivity index is 1.91. The molecule has 0 unspecified atom stereocenters. The Morgan fingerprint density at radius 2 is 1.53 bits per heavy atom. The van der Waals surface area contributed by atoms with Crippen molar-refractivity contribution in [3.8, 4) is 28.7 Å². The standard InChI is InChI=1S/C29H30O9/c1-33-18-14-21(36-4)25-22(15-18)38-29(17-11-12-19(34-2)20(13-17)35-3)24(16-9-7-6-8-10-16)23(27(31)37-5)26(30)28(25,29)32/h6-15,23-24,26,30,32H,1-5H3/t23-,24-,26-,28+,29+/m1/s1. The molecule has 38 heavy (non-hydrogen) atoms. The molecule has 0 bridgehead atoms. The number of carbonyl (C=O) groups excluding carboxylic acids is 1. The summed E-state index contributed by atoms with van der Waals surface area (Å²) in [6.45, 7) is 0. The van der Waals surface area contributed by atoms with Gasteiger partial charge < -0.3 is 38.6 Å². The summed E-state index contributed by atoms with van der Waals surface area (Å²) in [6, 6.07) is 17.5. The first kappa shape index (κ1) is 25.7. The molecule has 5 atom stereocenters. The van der Waals surface area contributed by atoms with E-state index >= 15 is 0 Å². The van der Waals surface area contributed by atoms with Crippen LogP contribution in [0.4, 0.5) is 0 Å². The predicted molar refractivity (Wildman–Crippen MR) is 136 cm³/mol. The van der Waals surface area contributed by atoms with Crippen molar-refractivity contribution in [2.75, 3.05) is 35.5 Å². The average molecular weight is 523 g/mol. The molecular formula is C29H30O9. The van der Waals surface area contributed by atoms with Gasteiger partial charge in [0.05, 0.1) is 47.0 Å². The molecule has 2 N–H and O–H groups in total. The molecule has 0 amide bonds. The Hall–Kier alpha value is -3.95. The van der Waals surface area contributed by atoms with Crippen molar-refractivity contribution in [2.24, 2.45) is 5.92 Å². The maximum Gasteiger partial charge on any atom is 0.312 e. The van der Waals surface area contributed by atoms with Crippen LogP contribution in [-0.2, 0) is 20.7 Å². The highest BCUT2D eigenvalue weighted by Crippen LogP contribution is 2.70. The van der Waals surface area contributed by atoms with Gasteiger partial charge in [-0.3, -0.25) is 4.79 Å². The molecule has 0 aromatic heterocycles. The molecule has 1 saturated carbocycles. The van der Waals surface area contributed by atoms with Crippen LogP contribution in [0.25, 0.3) is 0 Å². The summed E-state index contributed by atoms with van der Waals surface area (Å²) in [5.74, 6) is -1.01. The molecule has 3 aromatic carbocycles. The van der Waals surface area contributed by atoms with Crippen molar-refractivity contribution in [3.05, 3.63) is 77.4 Å².